The molecule has 0 bridgehead atoms. The van der Waals surface area contributed by atoms with Gasteiger partial charge < -0.3 is 14.8 Å². The van der Waals surface area contributed by atoms with Gasteiger partial charge in [-0.2, -0.15) is 5.10 Å². The van der Waals surface area contributed by atoms with Gasteiger partial charge in [0.25, 0.3) is 11.8 Å². The average Bonchev–Trinajstić information content (AvgIpc) is 3.21. The van der Waals surface area contributed by atoms with Crippen molar-refractivity contribution in [3.63, 3.8) is 0 Å². The predicted octanol–water partition coefficient (Wildman–Crippen LogP) is 0.244. The number of benzene rings is 1. The second-order valence-electron chi connectivity index (χ2n) is 6.01. The van der Waals surface area contributed by atoms with Gasteiger partial charge in [-0.1, -0.05) is 18.2 Å². The summed E-state index contributed by atoms with van der Waals surface area (Å²) in [6, 6.07) is 8.53. The predicted molar refractivity (Wildman–Crippen MR) is 92.8 cm³/mol. The molecule has 1 aliphatic heterocycles. The minimum absolute atomic E-state index is 0.186. The molecule has 2 amide bonds. The van der Waals surface area contributed by atoms with Gasteiger partial charge in [-0.15, -0.1) is 0 Å². The molecule has 0 radical (unpaired) electrons. The Balaban J connectivity index is 1.53. The number of nitrogens with zero attached hydrogens (tertiary/aromatic N) is 4. The summed E-state index contributed by atoms with van der Waals surface area (Å²) in [5, 5.41) is 6.93. The standard InChI is InChI=1S/C17H16N6O3/c24-14-9-12(11-3-1-2-4-13(11)20-14)16(25)22-5-7-23(8-6-22)17(26)15-18-10-19-21-15/h1-4,9-10H,5-8H2,(H,20,24)(H,18,19,21). The molecule has 0 saturated carbocycles. The smallest absolute Gasteiger partial charge is 0.291 e. The molecule has 1 fully saturated rings. The Morgan fingerprint density at radius 1 is 1.00 bits per heavy atom. The van der Waals surface area contributed by atoms with Crippen LogP contribution in [-0.4, -0.2) is 68.0 Å². The number of para-hydroxylation sites is 1. The molecule has 3 aromatic rings. The van der Waals surface area contributed by atoms with E-state index in [0.717, 1.165) is 0 Å². The molecule has 3 heterocycles. The van der Waals surface area contributed by atoms with Gasteiger partial charge in [0, 0.05) is 43.1 Å². The topological polar surface area (TPSA) is 115 Å². The zero-order chi connectivity index (χ0) is 18.1. The molecule has 132 valence electrons. The molecule has 9 nitrogen and oxygen atoms in total. The lowest BCUT2D eigenvalue weighted by Gasteiger charge is -2.34. The lowest BCUT2D eigenvalue weighted by molar-refractivity contribution is 0.0530. The lowest BCUT2D eigenvalue weighted by atomic mass is 10.1. The van der Waals surface area contributed by atoms with Crippen LogP contribution in [0, 0.1) is 0 Å². The Bertz CT molecular complexity index is 1020. The fraction of sp³-hybridized carbons (Fsp3) is 0.235. The number of rotatable bonds is 2. The summed E-state index contributed by atoms with van der Waals surface area (Å²) in [7, 11) is 0. The highest BCUT2D eigenvalue weighted by Gasteiger charge is 2.27. The number of amides is 2. The first-order valence-corrected chi connectivity index (χ1v) is 8.19. The molecule has 1 aromatic carbocycles. The van der Waals surface area contributed by atoms with Gasteiger partial charge in [0.15, 0.2) is 0 Å². The van der Waals surface area contributed by atoms with Crippen LogP contribution in [-0.2, 0) is 0 Å². The fourth-order valence-corrected chi connectivity index (χ4v) is 3.12. The number of carbonyl (C=O) groups excluding carboxylic acids is 2. The minimum atomic E-state index is -0.314. The summed E-state index contributed by atoms with van der Waals surface area (Å²) < 4.78 is 0. The molecule has 1 aliphatic rings. The van der Waals surface area contributed by atoms with Gasteiger partial charge in [0.1, 0.15) is 6.33 Å². The summed E-state index contributed by atoms with van der Waals surface area (Å²) in [5.74, 6) is -0.263. The summed E-state index contributed by atoms with van der Waals surface area (Å²) >= 11 is 0. The molecular formula is C17H16N6O3. The van der Waals surface area contributed by atoms with E-state index in [2.05, 4.69) is 20.2 Å². The van der Waals surface area contributed by atoms with Crippen LogP contribution in [0.1, 0.15) is 21.0 Å². The molecule has 0 unspecified atom stereocenters. The van der Waals surface area contributed by atoms with Crippen molar-refractivity contribution in [1.29, 1.82) is 0 Å². The van der Waals surface area contributed by atoms with E-state index in [0.29, 0.717) is 42.6 Å². The van der Waals surface area contributed by atoms with E-state index in [4.69, 9.17) is 0 Å². The monoisotopic (exact) mass is 352 g/mol. The fourth-order valence-electron chi connectivity index (χ4n) is 3.12. The van der Waals surface area contributed by atoms with Crippen LogP contribution >= 0.6 is 0 Å². The van der Waals surface area contributed by atoms with E-state index in [1.807, 2.05) is 12.1 Å². The molecule has 0 spiro atoms. The Kier molecular flexibility index (Phi) is 3.96. The molecule has 4 rings (SSSR count). The van der Waals surface area contributed by atoms with Crippen LogP contribution < -0.4 is 5.56 Å². The highest BCUT2D eigenvalue weighted by molar-refractivity contribution is 6.06. The Hall–Kier alpha value is -3.49. The van der Waals surface area contributed by atoms with Crippen molar-refractivity contribution in [3.8, 4) is 0 Å². The maximum absolute atomic E-state index is 12.9. The first-order chi connectivity index (χ1) is 12.6. The number of carbonyl (C=O) groups is 2. The number of aromatic nitrogens is 4. The third kappa shape index (κ3) is 2.83. The van der Waals surface area contributed by atoms with Crippen molar-refractivity contribution in [2.75, 3.05) is 26.2 Å². The molecule has 0 atom stereocenters. The molecule has 2 aromatic heterocycles. The highest BCUT2D eigenvalue weighted by Crippen LogP contribution is 2.17. The Labute approximate surface area is 147 Å². The first kappa shape index (κ1) is 16.0. The van der Waals surface area contributed by atoms with Crippen molar-refractivity contribution in [3.05, 3.63) is 58.4 Å². The summed E-state index contributed by atoms with van der Waals surface area (Å²) in [6.45, 7) is 1.57. The largest absolute Gasteiger partial charge is 0.335 e. The van der Waals surface area contributed by atoms with E-state index in [1.54, 1.807) is 21.9 Å². The third-order valence-electron chi connectivity index (χ3n) is 4.45. The van der Waals surface area contributed by atoms with Crippen molar-refractivity contribution in [2.45, 2.75) is 0 Å². The number of fused-ring (bicyclic) bond motifs is 1. The van der Waals surface area contributed by atoms with Gasteiger partial charge in [-0.25, -0.2) is 4.98 Å². The van der Waals surface area contributed by atoms with Gasteiger partial charge in [0.05, 0.1) is 5.56 Å². The van der Waals surface area contributed by atoms with Crippen molar-refractivity contribution < 1.29 is 9.59 Å². The molecule has 1 saturated heterocycles. The maximum atomic E-state index is 12.9. The summed E-state index contributed by atoms with van der Waals surface area (Å²) in [6.07, 6.45) is 1.28. The van der Waals surface area contributed by atoms with Crippen LogP contribution in [0.4, 0.5) is 0 Å². The van der Waals surface area contributed by atoms with Gasteiger partial charge >= 0.3 is 0 Å². The highest BCUT2D eigenvalue weighted by atomic mass is 16.2. The number of aromatic amines is 2. The summed E-state index contributed by atoms with van der Waals surface area (Å²) in [5.41, 5.74) is 0.688. The Morgan fingerprint density at radius 3 is 2.38 bits per heavy atom. The van der Waals surface area contributed by atoms with E-state index < -0.39 is 0 Å². The van der Waals surface area contributed by atoms with Gasteiger partial charge in [0.2, 0.25) is 11.4 Å². The normalized spacial score (nSPS) is 14.6. The lowest BCUT2D eigenvalue weighted by Crippen LogP contribution is -2.51. The zero-order valence-electron chi connectivity index (χ0n) is 13.8. The number of hydrogen-bond acceptors (Lipinski definition) is 5. The second-order valence-corrected chi connectivity index (χ2v) is 6.01. The van der Waals surface area contributed by atoms with Gasteiger partial charge in [-0.3, -0.25) is 19.5 Å². The van der Waals surface area contributed by atoms with E-state index >= 15 is 0 Å². The SMILES string of the molecule is O=C(c1ncn[nH]1)N1CCN(C(=O)c2cc(=O)[nH]c3ccccc23)CC1. The molecule has 0 aliphatic carbocycles. The van der Waals surface area contributed by atoms with E-state index in [-0.39, 0.29) is 23.2 Å². The second kappa shape index (κ2) is 6.43. The van der Waals surface area contributed by atoms with Crippen molar-refractivity contribution in [1.82, 2.24) is 30.0 Å². The van der Waals surface area contributed by atoms with E-state index in [9.17, 15) is 14.4 Å². The number of pyridine rings is 1. The minimum Gasteiger partial charge on any atom is -0.335 e. The maximum Gasteiger partial charge on any atom is 0.291 e. The summed E-state index contributed by atoms with van der Waals surface area (Å²) in [4.78, 5) is 46.9. The third-order valence-corrected chi connectivity index (χ3v) is 4.45. The van der Waals surface area contributed by atoms with E-state index in [1.165, 1.54) is 12.4 Å². The zero-order valence-corrected chi connectivity index (χ0v) is 13.8. The van der Waals surface area contributed by atoms with Crippen LogP contribution in [0.15, 0.2) is 41.5 Å². The molecule has 9 heteroatoms. The number of piperazine rings is 1. The molecular weight excluding hydrogens is 336 g/mol. The van der Waals surface area contributed by atoms with Crippen LogP contribution in [0.3, 0.4) is 0 Å². The number of nitrogens with one attached hydrogen (secondary N) is 2. The van der Waals surface area contributed by atoms with Crippen LogP contribution in [0.2, 0.25) is 0 Å². The van der Waals surface area contributed by atoms with Crippen molar-refractivity contribution >= 4 is 22.7 Å². The van der Waals surface area contributed by atoms with Crippen molar-refractivity contribution in [2.24, 2.45) is 0 Å². The molecule has 2 N–H and O–H groups in total. The number of hydrogen-bond donors (Lipinski definition) is 2. The quantitative estimate of drug-likeness (QED) is 0.686. The van der Waals surface area contributed by atoms with Gasteiger partial charge in [-0.05, 0) is 6.07 Å². The van der Waals surface area contributed by atoms with Crippen LogP contribution in [0.5, 0.6) is 0 Å². The first-order valence-electron chi connectivity index (χ1n) is 8.19. The van der Waals surface area contributed by atoms with Crippen LogP contribution in [0.25, 0.3) is 10.9 Å². The molecule has 26 heavy (non-hydrogen) atoms. The number of H-pyrrole nitrogens is 2. The Morgan fingerprint density at radius 2 is 1.69 bits per heavy atom. The average molecular weight is 352 g/mol.